The van der Waals surface area contributed by atoms with E-state index in [1.165, 1.54) is 5.56 Å². The zero-order valence-corrected chi connectivity index (χ0v) is 12.0. The fraction of sp³-hybridized carbons (Fsp3) is 0.111. The molecule has 3 aromatic rings. The van der Waals surface area contributed by atoms with Gasteiger partial charge in [0.25, 0.3) is 0 Å². The molecule has 0 amide bonds. The van der Waals surface area contributed by atoms with Crippen LogP contribution in [0, 0.1) is 0 Å². The van der Waals surface area contributed by atoms with E-state index in [2.05, 4.69) is 21.7 Å². The van der Waals surface area contributed by atoms with Gasteiger partial charge in [0.15, 0.2) is 0 Å². The van der Waals surface area contributed by atoms with Crippen molar-refractivity contribution in [2.24, 2.45) is 0 Å². The molecular weight excluding hydrogens is 276 g/mol. The first-order valence-electron chi connectivity index (χ1n) is 7.08. The van der Waals surface area contributed by atoms with Crippen LogP contribution in [0.1, 0.15) is 27.3 Å². The van der Waals surface area contributed by atoms with Gasteiger partial charge >= 0.3 is 5.97 Å². The number of nitrogens with zero attached hydrogens (tertiary/aromatic N) is 2. The van der Waals surface area contributed by atoms with Crippen LogP contribution in [0.15, 0.2) is 67.0 Å². The van der Waals surface area contributed by atoms with Crippen LogP contribution in [0.5, 0.6) is 0 Å². The summed E-state index contributed by atoms with van der Waals surface area (Å²) in [6.45, 7) is 0.683. The van der Waals surface area contributed by atoms with Crippen molar-refractivity contribution >= 4 is 5.97 Å². The summed E-state index contributed by atoms with van der Waals surface area (Å²) < 4.78 is 2.09. The van der Waals surface area contributed by atoms with Crippen LogP contribution in [-0.4, -0.2) is 20.6 Å². The first-order valence-corrected chi connectivity index (χ1v) is 7.08. The SMILES string of the molecule is O=C(O)c1ccc(Cn2ccnc2Cc2ccccc2)cc1. The lowest BCUT2D eigenvalue weighted by Gasteiger charge is -2.08. The monoisotopic (exact) mass is 292 g/mol. The van der Waals surface area contributed by atoms with Gasteiger partial charge in [-0.2, -0.15) is 0 Å². The molecule has 0 aliphatic heterocycles. The molecule has 0 bridgehead atoms. The number of aromatic carboxylic acids is 1. The Kier molecular flexibility index (Phi) is 4.01. The molecule has 0 saturated carbocycles. The van der Waals surface area contributed by atoms with Gasteiger partial charge in [0.2, 0.25) is 0 Å². The molecule has 0 radical (unpaired) electrons. The Morgan fingerprint density at radius 1 is 1.00 bits per heavy atom. The van der Waals surface area contributed by atoms with E-state index < -0.39 is 5.97 Å². The van der Waals surface area contributed by atoms with Gasteiger partial charge in [0, 0.05) is 25.4 Å². The molecule has 0 fully saturated rings. The molecule has 4 heteroatoms. The van der Waals surface area contributed by atoms with E-state index in [0.717, 1.165) is 17.8 Å². The Hall–Kier alpha value is -2.88. The third-order valence-electron chi connectivity index (χ3n) is 3.56. The number of benzene rings is 2. The van der Waals surface area contributed by atoms with Crippen LogP contribution in [-0.2, 0) is 13.0 Å². The van der Waals surface area contributed by atoms with Crippen LogP contribution in [0.4, 0.5) is 0 Å². The first kappa shape index (κ1) is 14.1. The molecule has 0 aliphatic carbocycles. The minimum atomic E-state index is -0.904. The molecule has 0 spiro atoms. The molecule has 1 heterocycles. The van der Waals surface area contributed by atoms with E-state index in [1.54, 1.807) is 18.3 Å². The van der Waals surface area contributed by atoms with Gasteiger partial charge in [0.1, 0.15) is 5.82 Å². The Bertz CT molecular complexity index is 761. The number of aromatic nitrogens is 2. The van der Waals surface area contributed by atoms with Gasteiger partial charge in [-0.1, -0.05) is 42.5 Å². The Balaban J connectivity index is 1.76. The largest absolute Gasteiger partial charge is 0.478 e. The lowest BCUT2D eigenvalue weighted by atomic mass is 10.1. The van der Waals surface area contributed by atoms with Crippen LogP contribution >= 0.6 is 0 Å². The van der Waals surface area contributed by atoms with Crippen molar-refractivity contribution in [1.29, 1.82) is 0 Å². The smallest absolute Gasteiger partial charge is 0.335 e. The second-order valence-electron chi connectivity index (χ2n) is 5.14. The van der Waals surface area contributed by atoms with E-state index in [0.29, 0.717) is 12.1 Å². The number of hydrogen-bond acceptors (Lipinski definition) is 2. The summed E-state index contributed by atoms with van der Waals surface area (Å²) in [5, 5.41) is 8.93. The summed E-state index contributed by atoms with van der Waals surface area (Å²) in [7, 11) is 0. The van der Waals surface area contributed by atoms with Crippen LogP contribution in [0.2, 0.25) is 0 Å². The lowest BCUT2D eigenvalue weighted by molar-refractivity contribution is 0.0697. The molecule has 1 aromatic heterocycles. The van der Waals surface area contributed by atoms with E-state index in [9.17, 15) is 4.79 Å². The standard InChI is InChI=1S/C18H16N2O2/c21-18(22)16-8-6-15(7-9-16)13-20-11-10-19-17(20)12-14-4-2-1-3-5-14/h1-11H,12-13H2,(H,21,22). The second kappa shape index (κ2) is 6.26. The highest BCUT2D eigenvalue weighted by molar-refractivity contribution is 5.87. The topological polar surface area (TPSA) is 55.1 Å². The number of hydrogen-bond donors (Lipinski definition) is 1. The van der Waals surface area contributed by atoms with Gasteiger partial charge in [-0.05, 0) is 23.3 Å². The number of carboxylic acids is 1. The van der Waals surface area contributed by atoms with Crippen LogP contribution in [0.25, 0.3) is 0 Å². The molecule has 3 rings (SSSR count). The quantitative estimate of drug-likeness (QED) is 0.785. The molecule has 2 aromatic carbocycles. The number of carboxylic acid groups (broad SMARTS) is 1. The van der Waals surface area contributed by atoms with Crippen molar-refractivity contribution < 1.29 is 9.90 Å². The predicted octanol–water partition coefficient (Wildman–Crippen LogP) is 3.22. The fourth-order valence-corrected chi connectivity index (χ4v) is 2.38. The van der Waals surface area contributed by atoms with E-state index >= 15 is 0 Å². The minimum Gasteiger partial charge on any atom is -0.478 e. The number of imidazole rings is 1. The summed E-state index contributed by atoms with van der Waals surface area (Å²) in [6, 6.07) is 17.2. The number of rotatable bonds is 5. The number of carbonyl (C=O) groups is 1. The molecule has 0 unspecified atom stereocenters. The molecule has 0 aliphatic rings. The third kappa shape index (κ3) is 3.23. The summed E-state index contributed by atoms with van der Waals surface area (Å²) in [5.41, 5.74) is 2.58. The van der Waals surface area contributed by atoms with Crippen LogP contribution in [0.3, 0.4) is 0 Å². The average Bonchev–Trinajstić information content (AvgIpc) is 2.96. The van der Waals surface area contributed by atoms with Crippen molar-refractivity contribution in [3.05, 3.63) is 89.5 Å². The fourth-order valence-electron chi connectivity index (χ4n) is 2.38. The van der Waals surface area contributed by atoms with Crippen LogP contribution < -0.4 is 0 Å². The molecule has 22 heavy (non-hydrogen) atoms. The highest BCUT2D eigenvalue weighted by Gasteiger charge is 2.06. The van der Waals surface area contributed by atoms with Gasteiger partial charge in [0.05, 0.1) is 5.56 Å². The van der Waals surface area contributed by atoms with Gasteiger partial charge in [-0.3, -0.25) is 0 Å². The second-order valence-corrected chi connectivity index (χ2v) is 5.14. The Labute approximate surface area is 128 Å². The highest BCUT2D eigenvalue weighted by atomic mass is 16.4. The normalized spacial score (nSPS) is 10.5. The Morgan fingerprint density at radius 3 is 2.41 bits per heavy atom. The van der Waals surface area contributed by atoms with Crippen molar-refractivity contribution in [2.45, 2.75) is 13.0 Å². The molecule has 4 nitrogen and oxygen atoms in total. The van der Waals surface area contributed by atoms with Gasteiger partial charge < -0.3 is 9.67 Å². The van der Waals surface area contributed by atoms with Gasteiger partial charge in [-0.25, -0.2) is 9.78 Å². The predicted molar refractivity (Wildman–Crippen MR) is 84.0 cm³/mol. The zero-order chi connectivity index (χ0) is 15.4. The lowest BCUT2D eigenvalue weighted by Crippen LogP contribution is -2.05. The van der Waals surface area contributed by atoms with Gasteiger partial charge in [-0.15, -0.1) is 0 Å². The first-order chi connectivity index (χ1) is 10.7. The molecule has 1 N–H and O–H groups in total. The summed E-state index contributed by atoms with van der Waals surface area (Å²) in [6.07, 6.45) is 4.52. The molecular formula is C18H16N2O2. The summed E-state index contributed by atoms with van der Waals surface area (Å²) in [5.74, 6) is 0.0902. The van der Waals surface area contributed by atoms with E-state index in [1.807, 2.05) is 36.5 Å². The summed E-state index contributed by atoms with van der Waals surface area (Å²) >= 11 is 0. The minimum absolute atomic E-state index is 0.305. The molecule has 0 saturated heterocycles. The summed E-state index contributed by atoms with van der Waals surface area (Å²) in [4.78, 5) is 15.3. The Morgan fingerprint density at radius 2 is 1.73 bits per heavy atom. The third-order valence-corrected chi connectivity index (χ3v) is 3.56. The van der Waals surface area contributed by atoms with Crippen molar-refractivity contribution in [1.82, 2.24) is 9.55 Å². The average molecular weight is 292 g/mol. The highest BCUT2D eigenvalue weighted by Crippen LogP contribution is 2.11. The maximum atomic E-state index is 10.9. The maximum absolute atomic E-state index is 10.9. The van der Waals surface area contributed by atoms with Crippen molar-refractivity contribution in [2.75, 3.05) is 0 Å². The molecule has 110 valence electrons. The van der Waals surface area contributed by atoms with Crippen molar-refractivity contribution in [3.8, 4) is 0 Å². The van der Waals surface area contributed by atoms with Crippen molar-refractivity contribution in [3.63, 3.8) is 0 Å². The van der Waals surface area contributed by atoms with E-state index in [-0.39, 0.29) is 0 Å². The molecule has 0 atom stereocenters. The van der Waals surface area contributed by atoms with E-state index in [4.69, 9.17) is 5.11 Å². The zero-order valence-electron chi connectivity index (χ0n) is 12.0. The maximum Gasteiger partial charge on any atom is 0.335 e.